The van der Waals surface area contributed by atoms with Crippen LogP contribution < -0.4 is 20.1 Å². The van der Waals surface area contributed by atoms with Gasteiger partial charge in [-0.3, -0.25) is 4.79 Å². The van der Waals surface area contributed by atoms with Gasteiger partial charge in [0.25, 0.3) is 5.91 Å². The summed E-state index contributed by atoms with van der Waals surface area (Å²) < 4.78 is 10.3. The lowest BCUT2D eigenvalue weighted by Gasteiger charge is -2.10. The Kier molecular flexibility index (Phi) is 5.73. The van der Waals surface area contributed by atoms with Crippen LogP contribution in [0.5, 0.6) is 11.5 Å². The minimum absolute atomic E-state index is 0.218. The van der Waals surface area contributed by atoms with Gasteiger partial charge in [-0.2, -0.15) is 0 Å². The summed E-state index contributed by atoms with van der Waals surface area (Å²) in [6.07, 6.45) is 1.31. The Labute approximate surface area is 161 Å². The molecule has 1 aromatic heterocycles. The molecule has 0 aliphatic rings. The quantitative estimate of drug-likeness (QED) is 0.664. The molecule has 2 aromatic carbocycles. The molecule has 0 fully saturated rings. The van der Waals surface area contributed by atoms with E-state index in [0.717, 1.165) is 0 Å². The number of ether oxygens (including phenoxy) is 2. The number of nitrogens with zero attached hydrogens (tertiary/aromatic N) is 2. The summed E-state index contributed by atoms with van der Waals surface area (Å²) in [5.74, 6) is 1.32. The van der Waals surface area contributed by atoms with Crippen LogP contribution in [0.15, 0.2) is 54.9 Å². The predicted molar refractivity (Wildman–Crippen MR) is 104 cm³/mol. The Morgan fingerprint density at radius 1 is 1.00 bits per heavy atom. The van der Waals surface area contributed by atoms with E-state index in [1.807, 2.05) is 0 Å². The van der Waals surface area contributed by atoms with Crippen molar-refractivity contribution < 1.29 is 14.3 Å². The summed E-state index contributed by atoms with van der Waals surface area (Å²) in [6.45, 7) is 0. The number of hydrogen-bond donors (Lipinski definition) is 2. The zero-order valence-corrected chi connectivity index (χ0v) is 15.4. The first kappa shape index (κ1) is 18.5. The van der Waals surface area contributed by atoms with E-state index in [1.54, 1.807) is 62.8 Å². The molecule has 0 saturated heterocycles. The molecule has 0 bridgehead atoms. The molecule has 138 valence electrons. The number of carbonyl (C=O) groups is 1. The van der Waals surface area contributed by atoms with Gasteiger partial charge in [0.1, 0.15) is 29.3 Å². The van der Waals surface area contributed by atoms with Gasteiger partial charge in [-0.25, -0.2) is 9.97 Å². The molecule has 3 rings (SSSR count). The average molecular weight is 385 g/mol. The Balaban J connectivity index is 1.74. The molecule has 0 spiro atoms. The van der Waals surface area contributed by atoms with Gasteiger partial charge in [0.15, 0.2) is 0 Å². The minimum atomic E-state index is -0.360. The van der Waals surface area contributed by atoms with Gasteiger partial charge in [0.05, 0.1) is 19.2 Å². The lowest BCUT2D eigenvalue weighted by Crippen LogP contribution is -2.14. The largest absolute Gasteiger partial charge is 0.497 e. The van der Waals surface area contributed by atoms with E-state index >= 15 is 0 Å². The molecule has 0 aliphatic heterocycles. The Hall–Kier alpha value is -3.32. The summed E-state index contributed by atoms with van der Waals surface area (Å²) >= 11 is 6.12. The highest BCUT2D eigenvalue weighted by Gasteiger charge is 2.10. The maximum absolute atomic E-state index is 12.4. The van der Waals surface area contributed by atoms with Gasteiger partial charge < -0.3 is 20.1 Å². The van der Waals surface area contributed by atoms with Gasteiger partial charge in [-0.15, -0.1) is 0 Å². The molecular formula is C19H17ClN4O3. The van der Waals surface area contributed by atoms with Crippen LogP contribution in [-0.4, -0.2) is 30.1 Å². The monoisotopic (exact) mass is 384 g/mol. The van der Waals surface area contributed by atoms with Crippen molar-refractivity contribution in [1.82, 2.24) is 9.97 Å². The van der Waals surface area contributed by atoms with Crippen LogP contribution in [0.25, 0.3) is 0 Å². The number of amides is 1. The number of halogens is 1. The fraction of sp³-hybridized carbons (Fsp3) is 0.105. The fourth-order valence-electron chi connectivity index (χ4n) is 2.34. The molecule has 2 N–H and O–H groups in total. The highest BCUT2D eigenvalue weighted by molar-refractivity contribution is 6.32. The highest BCUT2D eigenvalue weighted by Crippen LogP contribution is 2.28. The molecule has 8 heteroatoms. The van der Waals surface area contributed by atoms with Crippen molar-refractivity contribution >= 4 is 34.7 Å². The maximum atomic E-state index is 12.4. The van der Waals surface area contributed by atoms with Gasteiger partial charge in [0, 0.05) is 23.5 Å². The summed E-state index contributed by atoms with van der Waals surface area (Å²) in [6, 6.07) is 13.9. The standard InChI is InChI=1S/C19H17ClN4O3/c1-26-14-5-3-4-12(8-14)24-19(25)16-10-18(22-11-21-16)23-13-6-7-17(27-2)15(20)9-13/h3-11H,1-2H3,(H,24,25)(H,21,22,23). The zero-order chi connectivity index (χ0) is 19.2. The number of anilines is 3. The van der Waals surface area contributed by atoms with E-state index in [-0.39, 0.29) is 11.6 Å². The van der Waals surface area contributed by atoms with E-state index in [4.69, 9.17) is 21.1 Å². The van der Waals surface area contributed by atoms with Gasteiger partial charge >= 0.3 is 0 Å². The zero-order valence-electron chi connectivity index (χ0n) is 14.7. The second-order valence-corrected chi connectivity index (χ2v) is 5.86. The number of methoxy groups -OCH3 is 2. The van der Waals surface area contributed by atoms with E-state index in [0.29, 0.717) is 33.7 Å². The molecule has 0 saturated carbocycles. The molecular weight excluding hydrogens is 368 g/mol. The second-order valence-electron chi connectivity index (χ2n) is 5.45. The van der Waals surface area contributed by atoms with Crippen LogP contribution in [0.2, 0.25) is 5.02 Å². The van der Waals surface area contributed by atoms with Crippen LogP contribution in [-0.2, 0) is 0 Å². The van der Waals surface area contributed by atoms with Crippen molar-refractivity contribution in [2.24, 2.45) is 0 Å². The topological polar surface area (TPSA) is 85.4 Å². The van der Waals surface area contributed by atoms with Gasteiger partial charge in [-0.05, 0) is 30.3 Å². The van der Waals surface area contributed by atoms with Crippen LogP contribution in [0.4, 0.5) is 17.2 Å². The molecule has 0 unspecified atom stereocenters. The Morgan fingerprint density at radius 3 is 2.59 bits per heavy atom. The van der Waals surface area contributed by atoms with Crippen LogP contribution >= 0.6 is 11.6 Å². The van der Waals surface area contributed by atoms with Crippen LogP contribution in [0.3, 0.4) is 0 Å². The van der Waals surface area contributed by atoms with E-state index in [2.05, 4.69) is 20.6 Å². The number of hydrogen-bond acceptors (Lipinski definition) is 6. The molecule has 1 amide bonds. The van der Waals surface area contributed by atoms with Crippen LogP contribution in [0, 0.1) is 0 Å². The third-order valence-corrected chi connectivity index (χ3v) is 3.95. The summed E-state index contributed by atoms with van der Waals surface area (Å²) in [7, 11) is 3.11. The van der Waals surface area contributed by atoms with Crippen molar-refractivity contribution in [2.45, 2.75) is 0 Å². The molecule has 0 atom stereocenters. The Morgan fingerprint density at radius 2 is 1.85 bits per heavy atom. The lowest BCUT2D eigenvalue weighted by atomic mass is 10.2. The summed E-state index contributed by atoms with van der Waals surface area (Å²) in [4.78, 5) is 20.6. The van der Waals surface area contributed by atoms with Crippen molar-refractivity contribution in [3.63, 3.8) is 0 Å². The van der Waals surface area contributed by atoms with Crippen molar-refractivity contribution in [3.8, 4) is 11.5 Å². The first-order chi connectivity index (χ1) is 13.1. The molecule has 0 radical (unpaired) electrons. The van der Waals surface area contributed by atoms with Crippen molar-refractivity contribution in [2.75, 3.05) is 24.9 Å². The van der Waals surface area contributed by atoms with Crippen molar-refractivity contribution in [1.29, 1.82) is 0 Å². The van der Waals surface area contributed by atoms with Gasteiger partial charge in [-0.1, -0.05) is 17.7 Å². The number of benzene rings is 2. The number of nitrogens with one attached hydrogen (secondary N) is 2. The normalized spacial score (nSPS) is 10.2. The first-order valence-corrected chi connectivity index (χ1v) is 8.35. The summed E-state index contributed by atoms with van der Waals surface area (Å²) in [5, 5.41) is 6.32. The van der Waals surface area contributed by atoms with Gasteiger partial charge in [0.2, 0.25) is 0 Å². The molecule has 0 aliphatic carbocycles. The third kappa shape index (κ3) is 4.65. The lowest BCUT2D eigenvalue weighted by molar-refractivity contribution is 0.102. The van der Waals surface area contributed by atoms with Crippen molar-refractivity contribution in [3.05, 3.63) is 65.6 Å². The maximum Gasteiger partial charge on any atom is 0.274 e. The predicted octanol–water partition coefficient (Wildman–Crippen LogP) is 4.14. The number of carbonyl (C=O) groups excluding carboxylic acids is 1. The third-order valence-electron chi connectivity index (χ3n) is 3.65. The highest BCUT2D eigenvalue weighted by atomic mass is 35.5. The molecule has 27 heavy (non-hydrogen) atoms. The fourth-order valence-corrected chi connectivity index (χ4v) is 2.60. The summed E-state index contributed by atoms with van der Waals surface area (Å²) in [5.41, 5.74) is 1.53. The van der Waals surface area contributed by atoms with E-state index in [9.17, 15) is 4.79 Å². The SMILES string of the molecule is COc1cccc(NC(=O)c2cc(Nc3ccc(OC)c(Cl)c3)ncn2)c1. The Bertz CT molecular complexity index is 965. The van der Waals surface area contributed by atoms with E-state index < -0.39 is 0 Å². The minimum Gasteiger partial charge on any atom is -0.497 e. The average Bonchev–Trinajstić information content (AvgIpc) is 2.68. The number of rotatable bonds is 6. The number of aromatic nitrogens is 2. The molecule has 7 nitrogen and oxygen atoms in total. The first-order valence-electron chi connectivity index (χ1n) is 7.97. The second kappa shape index (κ2) is 8.37. The molecule has 3 aromatic rings. The smallest absolute Gasteiger partial charge is 0.274 e. The molecule has 1 heterocycles. The van der Waals surface area contributed by atoms with E-state index in [1.165, 1.54) is 6.33 Å². The van der Waals surface area contributed by atoms with Crippen LogP contribution in [0.1, 0.15) is 10.5 Å².